The third kappa shape index (κ3) is 4.48. The maximum atomic E-state index is 12.3. The molecule has 0 aliphatic carbocycles. The van der Waals surface area contributed by atoms with Crippen molar-refractivity contribution in [2.24, 2.45) is 0 Å². The van der Waals surface area contributed by atoms with Crippen LogP contribution in [0, 0.1) is 0 Å². The SMILES string of the molecule is CNC(C)C1CCCCCN1C(=O)OC(C)(C)C. The van der Waals surface area contributed by atoms with Gasteiger partial charge in [0.1, 0.15) is 5.60 Å². The molecular formula is C14H28N2O2. The van der Waals surface area contributed by atoms with Gasteiger partial charge >= 0.3 is 6.09 Å². The Morgan fingerprint density at radius 2 is 2.00 bits per heavy atom. The van der Waals surface area contributed by atoms with Crippen LogP contribution in [0.3, 0.4) is 0 Å². The lowest BCUT2D eigenvalue weighted by Crippen LogP contribution is -2.51. The highest BCUT2D eigenvalue weighted by molar-refractivity contribution is 5.68. The molecule has 0 radical (unpaired) electrons. The van der Waals surface area contributed by atoms with Crippen molar-refractivity contribution in [3.05, 3.63) is 0 Å². The molecule has 1 aliphatic heterocycles. The van der Waals surface area contributed by atoms with Crippen LogP contribution < -0.4 is 5.32 Å². The second kappa shape index (κ2) is 6.41. The van der Waals surface area contributed by atoms with Crippen molar-refractivity contribution < 1.29 is 9.53 Å². The van der Waals surface area contributed by atoms with Gasteiger partial charge in [-0.25, -0.2) is 4.79 Å². The van der Waals surface area contributed by atoms with Gasteiger partial charge in [0.05, 0.1) is 6.04 Å². The van der Waals surface area contributed by atoms with Crippen LogP contribution in [0.5, 0.6) is 0 Å². The summed E-state index contributed by atoms with van der Waals surface area (Å²) in [7, 11) is 1.95. The molecule has 1 amide bonds. The van der Waals surface area contributed by atoms with Crippen LogP contribution in [0.15, 0.2) is 0 Å². The standard InChI is InChI=1S/C14H28N2O2/c1-11(15-5)12-9-7-6-8-10-16(12)13(17)18-14(2,3)4/h11-12,15H,6-10H2,1-5H3. The lowest BCUT2D eigenvalue weighted by atomic mass is 10.0. The summed E-state index contributed by atoms with van der Waals surface area (Å²) < 4.78 is 5.52. The molecule has 0 bridgehead atoms. The Balaban J connectivity index is 2.75. The molecule has 2 atom stereocenters. The number of likely N-dealkylation sites (N-methyl/N-ethyl adjacent to an activating group) is 1. The Morgan fingerprint density at radius 3 is 2.56 bits per heavy atom. The summed E-state index contributed by atoms with van der Waals surface area (Å²) in [6.07, 6.45) is 4.35. The number of hydrogen-bond acceptors (Lipinski definition) is 3. The third-order valence-electron chi connectivity index (χ3n) is 3.46. The fraction of sp³-hybridized carbons (Fsp3) is 0.929. The monoisotopic (exact) mass is 256 g/mol. The molecule has 1 saturated heterocycles. The van der Waals surface area contributed by atoms with E-state index in [-0.39, 0.29) is 12.1 Å². The van der Waals surface area contributed by atoms with Crippen molar-refractivity contribution >= 4 is 6.09 Å². The van der Waals surface area contributed by atoms with Gasteiger partial charge in [-0.1, -0.05) is 12.8 Å². The molecule has 0 aromatic heterocycles. The van der Waals surface area contributed by atoms with E-state index in [0.717, 1.165) is 19.4 Å². The number of carbonyl (C=O) groups excluding carboxylic acids is 1. The van der Waals surface area contributed by atoms with Crippen LogP contribution in [0.2, 0.25) is 0 Å². The Hall–Kier alpha value is -0.770. The normalized spacial score (nSPS) is 23.4. The van der Waals surface area contributed by atoms with Gasteiger partial charge in [-0.2, -0.15) is 0 Å². The van der Waals surface area contributed by atoms with E-state index in [4.69, 9.17) is 4.74 Å². The number of carbonyl (C=O) groups is 1. The van der Waals surface area contributed by atoms with E-state index in [1.54, 1.807) is 0 Å². The van der Waals surface area contributed by atoms with Crippen molar-refractivity contribution in [1.29, 1.82) is 0 Å². The largest absolute Gasteiger partial charge is 0.444 e. The van der Waals surface area contributed by atoms with Gasteiger partial charge in [-0.15, -0.1) is 0 Å². The first-order valence-corrected chi connectivity index (χ1v) is 7.02. The van der Waals surface area contributed by atoms with Gasteiger partial charge in [0.2, 0.25) is 0 Å². The molecule has 106 valence electrons. The number of amides is 1. The van der Waals surface area contributed by atoms with E-state index < -0.39 is 5.60 Å². The number of likely N-dealkylation sites (tertiary alicyclic amines) is 1. The number of ether oxygens (including phenoxy) is 1. The summed E-state index contributed by atoms with van der Waals surface area (Å²) in [5.41, 5.74) is -0.420. The maximum Gasteiger partial charge on any atom is 0.410 e. The fourth-order valence-electron chi connectivity index (χ4n) is 2.39. The second-order valence-electron chi connectivity index (χ2n) is 6.17. The number of nitrogens with zero attached hydrogens (tertiary/aromatic N) is 1. The Bertz CT molecular complexity index is 273. The molecule has 0 aromatic carbocycles. The van der Waals surface area contributed by atoms with Crippen LogP contribution in [-0.4, -0.2) is 42.3 Å². The lowest BCUT2D eigenvalue weighted by Gasteiger charge is -2.35. The molecular weight excluding hydrogens is 228 g/mol. The van der Waals surface area contributed by atoms with E-state index in [9.17, 15) is 4.79 Å². The van der Waals surface area contributed by atoms with Crippen LogP contribution in [-0.2, 0) is 4.74 Å². The predicted octanol–water partition coefficient (Wildman–Crippen LogP) is 2.77. The second-order valence-corrected chi connectivity index (χ2v) is 6.17. The van der Waals surface area contributed by atoms with E-state index in [0.29, 0.717) is 6.04 Å². The zero-order chi connectivity index (χ0) is 13.8. The minimum Gasteiger partial charge on any atom is -0.444 e. The highest BCUT2D eigenvalue weighted by atomic mass is 16.6. The van der Waals surface area contributed by atoms with Crippen LogP contribution in [0.4, 0.5) is 4.79 Å². The first-order valence-electron chi connectivity index (χ1n) is 7.02. The number of rotatable bonds is 2. The van der Waals surface area contributed by atoms with Crippen molar-refractivity contribution in [2.75, 3.05) is 13.6 Å². The van der Waals surface area contributed by atoms with Gasteiger partial charge < -0.3 is 15.0 Å². The number of hydrogen-bond donors (Lipinski definition) is 1. The Labute approximate surface area is 111 Å². The summed E-state index contributed by atoms with van der Waals surface area (Å²) in [5.74, 6) is 0. The summed E-state index contributed by atoms with van der Waals surface area (Å²) >= 11 is 0. The van der Waals surface area contributed by atoms with Crippen molar-refractivity contribution in [3.63, 3.8) is 0 Å². The van der Waals surface area contributed by atoms with Gasteiger partial charge in [0, 0.05) is 12.6 Å². The van der Waals surface area contributed by atoms with Crippen molar-refractivity contribution in [1.82, 2.24) is 10.2 Å². The zero-order valence-electron chi connectivity index (χ0n) is 12.5. The molecule has 0 spiro atoms. The highest BCUT2D eigenvalue weighted by Gasteiger charge is 2.31. The summed E-state index contributed by atoms with van der Waals surface area (Å²) in [6.45, 7) is 8.69. The fourth-order valence-corrected chi connectivity index (χ4v) is 2.39. The van der Waals surface area contributed by atoms with E-state index in [1.807, 2.05) is 32.7 Å². The molecule has 1 N–H and O–H groups in total. The van der Waals surface area contributed by atoms with Crippen LogP contribution in [0.1, 0.15) is 53.4 Å². The third-order valence-corrected chi connectivity index (χ3v) is 3.46. The average molecular weight is 256 g/mol. The zero-order valence-corrected chi connectivity index (χ0v) is 12.5. The molecule has 1 rings (SSSR count). The van der Waals surface area contributed by atoms with Gasteiger partial charge in [0.15, 0.2) is 0 Å². The summed E-state index contributed by atoms with van der Waals surface area (Å²) in [5, 5.41) is 3.26. The van der Waals surface area contributed by atoms with Crippen molar-refractivity contribution in [2.45, 2.75) is 71.1 Å². The topological polar surface area (TPSA) is 41.6 Å². The molecule has 0 aromatic rings. The molecule has 1 aliphatic rings. The minimum absolute atomic E-state index is 0.170. The van der Waals surface area contributed by atoms with Gasteiger partial charge in [0.25, 0.3) is 0 Å². The van der Waals surface area contributed by atoms with Crippen LogP contribution >= 0.6 is 0 Å². The van der Waals surface area contributed by atoms with E-state index >= 15 is 0 Å². The van der Waals surface area contributed by atoms with E-state index in [2.05, 4.69) is 12.2 Å². The van der Waals surface area contributed by atoms with Crippen molar-refractivity contribution in [3.8, 4) is 0 Å². The first kappa shape index (κ1) is 15.3. The minimum atomic E-state index is -0.420. The molecule has 4 heteroatoms. The Kier molecular flexibility index (Phi) is 5.45. The lowest BCUT2D eigenvalue weighted by molar-refractivity contribution is 0.0135. The number of nitrogens with one attached hydrogen (secondary N) is 1. The Morgan fingerprint density at radius 1 is 1.33 bits per heavy atom. The molecule has 0 saturated carbocycles. The molecule has 4 nitrogen and oxygen atoms in total. The first-order chi connectivity index (χ1) is 8.35. The predicted molar refractivity (Wildman–Crippen MR) is 73.7 cm³/mol. The molecule has 1 heterocycles. The smallest absolute Gasteiger partial charge is 0.410 e. The molecule has 2 unspecified atom stereocenters. The maximum absolute atomic E-state index is 12.3. The molecule has 18 heavy (non-hydrogen) atoms. The van der Waals surface area contributed by atoms with Crippen LogP contribution in [0.25, 0.3) is 0 Å². The van der Waals surface area contributed by atoms with E-state index in [1.165, 1.54) is 12.8 Å². The van der Waals surface area contributed by atoms with Gasteiger partial charge in [-0.3, -0.25) is 0 Å². The summed E-state index contributed by atoms with van der Waals surface area (Å²) in [4.78, 5) is 14.2. The highest BCUT2D eigenvalue weighted by Crippen LogP contribution is 2.22. The quantitative estimate of drug-likeness (QED) is 0.826. The average Bonchev–Trinajstić information content (AvgIpc) is 2.50. The van der Waals surface area contributed by atoms with Gasteiger partial charge in [-0.05, 0) is 47.6 Å². The molecule has 1 fully saturated rings. The summed E-state index contributed by atoms with van der Waals surface area (Å²) in [6, 6.07) is 0.544.